The van der Waals surface area contributed by atoms with Crippen LogP contribution in [-0.2, 0) is 6.54 Å². The van der Waals surface area contributed by atoms with Crippen LogP contribution in [0.4, 0.5) is 0 Å². The maximum absolute atomic E-state index is 3.50. The monoisotopic (exact) mass is 410 g/mol. The number of hydrogen-bond donors (Lipinski definition) is 2. The highest BCUT2D eigenvalue weighted by atomic mass is 127. The largest absolute Gasteiger partial charge is 0.311 e. The van der Waals surface area contributed by atoms with Crippen LogP contribution in [0.25, 0.3) is 0 Å². The van der Waals surface area contributed by atoms with Gasteiger partial charge in [0, 0.05) is 33.2 Å². The molecule has 0 amide bonds. The molecule has 17 heavy (non-hydrogen) atoms. The van der Waals surface area contributed by atoms with Crippen molar-refractivity contribution < 1.29 is 0 Å². The van der Waals surface area contributed by atoms with E-state index in [2.05, 4.69) is 88.1 Å². The van der Waals surface area contributed by atoms with Crippen molar-refractivity contribution in [2.75, 3.05) is 13.1 Å². The lowest BCUT2D eigenvalue weighted by molar-refractivity contribution is 0.421. The van der Waals surface area contributed by atoms with Crippen LogP contribution >= 0.6 is 38.5 Å². The van der Waals surface area contributed by atoms with Crippen molar-refractivity contribution >= 4 is 38.5 Å². The minimum Gasteiger partial charge on any atom is -0.311 e. The zero-order valence-electron chi connectivity index (χ0n) is 10.6. The van der Waals surface area contributed by atoms with Gasteiger partial charge in [-0.05, 0) is 67.1 Å². The van der Waals surface area contributed by atoms with Crippen LogP contribution in [0.2, 0.25) is 0 Å². The van der Waals surface area contributed by atoms with Gasteiger partial charge in [-0.25, -0.2) is 0 Å². The molecular weight excluding hydrogens is 391 g/mol. The van der Waals surface area contributed by atoms with Crippen molar-refractivity contribution in [3.05, 3.63) is 31.8 Å². The van der Waals surface area contributed by atoms with Crippen molar-refractivity contribution in [3.8, 4) is 0 Å². The van der Waals surface area contributed by atoms with Gasteiger partial charge in [0.25, 0.3) is 0 Å². The maximum Gasteiger partial charge on any atom is 0.0216 e. The summed E-state index contributed by atoms with van der Waals surface area (Å²) in [5, 5.41) is 6.91. The van der Waals surface area contributed by atoms with E-state index < -0.39 is 0 Å². The molecule has 1 aromatic carbocycles. The van der Waals surface area contributed by atoms with Crippen molar-refractivity contribution in [3.63, 3.8) is 0 Å². The van der Waals surface area contributed by atoms with E-state index in [0.717, 1.165) is 24.1 Å². The molecule has 1 rings (SSSR count). The van der Waals surface area contributed by atoms with Gasteiger partial charge in [-0.15, -0.1) is 0 Å². The molecule has 1 aromatic rings. The Morgan fingerprint density at radius 2 is 1.94 bits per heavy atom. The lowest BCUT2D eigenvalue weighted by Gasteiger charge is -2.20. The number of hydrogen-bond acceptors (Lipinski definition) is 2. The van der Waals surface area contributed by atoms with Gasteiger partial charge in [0.1, 0.15) is 0 Å². The molecule has 4 heteroatoms. The van der Waals surface area contributed by atoms with Crippen molar-refractivity contribution in [2.24, 2.45) is 0 Å². The number of rotatable bonds is 5. The van der Waals surface area contributed by atoms with Crippen LogP contribution in [0.15, 0.2) is 22.7 Å². The summed E-state index contributed by atoms with van der Waals surface area (Å²) in [5.41, 5.74) is 1.54. The van der Waals surface area contributed by atoms with E-state index >= 15 is 0 Å². The number of nitrogens with one attached hydrogen (secondary N) is 2. The van der Waals surface area contributed by atoms with E-state index in [9.17, 15) is 0 Å². The Balaban J connectivity index is 2.29. The van der Waals surface area contributed by atoms with Crippen LogP contribution < -0.4 is 10.6 Å². The van der Waals surface area contributed by atoms with Crippen LogP contribution in [0.1, 0.15) is 26.3 Å². The molecule has 0 aliphatic carbocycles. The molecule has 0 saturated heterocycles. The van der Waals surface area contributed by atoms with Gasteiger partial charge in [-0.3, -0.25) is 0 Å². The van der Waals surface area contributed by atoms with Gasteiger partial charge >= 0.3 is 0 Å². The van der Waals surface area contributed by atoms with Crippen molar-refractivity contribution in [1.29, 1.82) is 0 Å². The first kappa shape index (κ1) is 15.4. The summed E-state index contributed by atoms with van der Waals surface area (Å²) in [5.74, 6) is 0. The average Bonchev–Trinajstić information content (AvgIpc) is 2.21. The molecule has 0 aromatic heterocycles. The molecule has 0 bridgehead atoms. The summed E-state index contributed by atoms with van der Waals surface area (Å²) in [6, 6.07) is 6.38. The second-order valence-corrected chi connectivity index (χ2v) is 7.17. The Labute approximate surface area is 126 Å². The van der Waals surface area contributed by atoms with E-state index in [0.29, 0.717) is 0 Å². The van der Waals surface area contributed by atoms with Gasteiger partial charge in [0.05, 0.1) is 0 Å². The highest BCUT2D eigenvalue weighted by Gasteiger charge is 2.07. The molecule has 0 spiro atoms. The minimum atomic E-state index is 0.200. The topological polar surface area (TPSA) is 24.1 Å². The summed E-state index contributed by atoms with van der Waals surface area (Å²) in [4.78, 5) is 0. The average molecular weight is 411 g/mol. The third-order valence-corrected chi connectivity index (χ3v) is 3.83. The molecule has 0 atom stereocenters. The zero-order chi connectivity index (χ0) is 12.9. The van der Waals surface area contributed by atoms with Gasteiger partial charge in [-0.1, -0.05) is 15.9 Å². The first-order chi connectivity index (χ1) is 7.88. The lowest BCUT2D eigenvalue weighted by atomic mass is 10.1. The second-order valence-electron chi connectivity index (χ2n) is 5.09. The Kier molecular flexibility index (Phi) is 6.40. The zero-order valence-corrected chi connectivity index (χ0v) is 14.4. The van der Waals surface area contributed by atoms with Gasteiger partial charge in [-0.2, -0.15) is 0 Å². The molecule has 0 saturated carbocycles. The molecule has 0 unspecified atom stereocenters. The molecule has 0 heterocycles. The van der Waals surface area contributed by atoms with Crippen LogP contribution in [0.5, 0.6) is 0 Å². The van der Waals surface area contributed by atoms with E-state index in [1.54, 1.807) is 0 Å². The van der Waals surface area contributed by atoms with E-state index in [1.165, 1.54) is 9.13 Å². The molecule has 0 radical (unpaired) electrons. The SMILES string of the molecule is CC(C)(C)NCCNCc1cc(Br)ccc1I. The number of benzene rings is 1. The molecular formula is C13H20BrIN2. The lowest BCUT2D eigenvalue weighted by Crippen LogP contribution is -2.40. The van der Waals surface area contributed by atoms with Gasteiger partial charge in [0.15, 0.2) is 0 Å². The third kappa shape index (κ3) is 6.74. The molecule has 2 N–H and O–H groups in total. The first-order valence-electron chi connectivity index (χ1n) is 5.78. The summed E-state index contributed by atoms with van der Waals surface area (Å²) in [7, 11) is 0. The Morgan fingerprint density at radius 3 is 2.59 bits per heavy atom. The highest BCUT2D eigenvalue weighted by molar-refractivity contribution is 14.1. The van der Waals surface area contributed by atoms with Crippen molar-refractivity contribution in [1.82, 2.24) is 10.6 Å². The first-order valence-corrected chi connectivity index (χ1v) is 7.65. The predicted octanol–water partition coefficient (Wildman–Crippen LogP) is 3.53. The summed E-state index contributed by atoms with van der Waals surface area (Å²) in [6.07, 6.45) is 0. The second kappa shape index (κ2) is 7.07. The quantitative estimate of drug-likeness (QED) is 0.573. The van der Waals surface area contributed by atoms with Crippen LogP contribution in [0.3, 0.4) is 0 Å². The van der Waals surface area contributed by atoms with E-state index in [1.807, 2.05) is 0 Å². The number of halogens is 2. The fourth-order valence-electron chi connectivity index (χ4n) is 1.43. The fraction of sp³-hybridized carbons (Fsp3) is 0.538. The Morgan fingerprint density at radius 1 is 1.24 bits per heavy atom. The molecule has 2 nitrogen and oxygen atoms in total. The smallest absolute Gasteiger partial charge is 0.0216 e. The van der Waals surface area contributed by atoms with Crippen LogP contribution in [-0.4, -0.2) is 18.6 Å². The fourth-order valence-corrected chi connectivity index (χ4v) is 2.36. The highest BCUT2D eigenvalue weighted by Crippen LogP contribution is 2.18. The maximum atomic E-state index is 3.50. The minimum absolute atomic E-state index is 0.200. The molecule has 0 fully saturated rings. The molecule has 0 aliphatic rings. The summed E-state index contributed by atoms with van der Waals surface area (Å²) < 4.78 is 2.45. The molecule has 0 aliphatic heterocycles. The van der Waals surface area contributed by atoms with Crippen LogP contribution in [0, 0.1) is 3.57 Å². The van der Waals surface area contributed by atoms with Crippen molar-refractivity contribution in [2.45, 2.75) is 32.9 Å². The van der Waals surface area contributed by atoms with E-state index in [-0.39, 0.29) is 5.54 Å². The van der Waals surface area contributed by atoms with E-state index in [4.69, 9.17) is 0 Å². The standard InChI is InChI=1S/C13H20BrIN2/c1-13(2,3)17-7-6-16-9-10-8-11(14)4-5-12(10)15/h4-5,8,16-17H,6-7,9H2,1-3H3. The van der Waals surface area contributed by atoms with Gasteiger partial charge in [0.2, 0.25) is 0 Å². The normalized spacial score (nSPS) is 11.8. The summed E-state index contributed by atoms with van der Waals surface area (Å²) in [6.45, 7) is 9.45. The summed E-state index contributed by atoms with van der Waals surface area (Å²) >= 11 is 5.88. The Bertz CT molecular complexity index is 361. The Hall–Kier alpha value is 0.350. The third-order valence-electron chi connectivity index (χ3n) is 2.28. The molecule has 96 valence electrons. The predicted molar refractivity (Wildman–Crippen MR) is 86.3 cm³/mol. The van der Waals surface area contributed by atoms with Gasteiger partial charge < -0.3 is 10.6 Å².